The van der Waals surface area contributed by atoms with Crippen LogP contribution < -0.4 is 10.1 Å². The molecule has 1 rings (SSSR count). The maximum atomic E-state index is 11.4. The lowest BCUT2D eigenvalue weighted by molar-refractivity contribution is -0.116. The summed E-state index contributed by atoms with van der Waals surface area (Å²) < 4.78 is 5.90. The molecule has 0 fully saturated rings. The van der Waals surface area contributed by atoms with Gasteiger partial charge in [-0.15, -0.1) is 11.6 Å². The zero-order valence-electron chi connectivity index (χ0n) is 8.93. The molecule has 0 bridgehead atoms. The Morgan fingerprint density at radius 2 is 2.31 bits per heavy atom. The quantitative estimate of drug-likeness (QED) is 0.847. The van der Waals surface area contributed by atoms with Crippen molar-refractivity contribution >= 4 is 39.1 Å². The van der Waals surface area contributed by atoms with Crippen LogP contribution >= 0.6 is 27.5 Å². The molecule has 0 radical (unpaired) electrons. The predicted octanol–water partition coefficient (Wildman–Crippen LogP) is 3.42. The van der Waals surface area contributed by atoms with Crippen LogP contribution in [0.5, 0.6) is 5.75 Å². The van der Waals surface area contributed by atoms with Gasteiger partial charge in [0.1, 0.15) is 5.75 Å². The molecule has 3 nitrogen and oxygen atoms in total. The number of benzene rings is 1. The second kappa shape index (κ2) is 6.76. The average Bonchev–Trinajstić information content (AvgIpc) is 2.26. The summed E-state index contributed by atoms with van der Waals surface area (Å²) in [6.07, 6.45) is 1.12. The molecule has 0 saturated carbocycles. The number of halogens is 2. The van der Waals surface area contributed by atoms with Crippen molar-refractivity contribution in [3.63, 3.8) is 0 Å². The predicted molar refractivity (Wildman–Crippen MR) is 69.3 cm³/mol. The molecule has 0 aliphatic carbocycles. The average molecular weight is 307 g/mol. The van der Waals surface area contributed by atoms with Crippen LogP contribution in [0, 0.1) is 0 Å². The molecular weight excluding hydrogens is 293 g/mol. The number of carbonyl (C=O) groups is 1. The standard InChI is InChI=1S/C11H13BrClNO2/c1-16-10-5-4-8(7-9(10)12)14-11(15)3-2-6-13/h4-5,7H,2-3,6H2,1H3,(H,14,15). The van der Waals surface area contributed by atoms with Gasteiger partial charge in [0.25, 0.3) is 0 Å². The summed E-state index contributed by atoms with van der Waals surface area (Å²) in [5.41, 5.74) is 0.743. The van der Waals surface area contributed by atoms with E-state index in [-0.39, 0.29) is 5.91 Å². The SMILES string of the molecule is COc1ccc(NC(=O)CCCCl)cc1Br. The molecule has 1 aromatic carbocycles. The van der Waals surface area contributed by atoms with Gasteiger partial charge >= 0.3 is 0 Å². The monoisotopic (exact) mass is 305 g/mol. The number of nitrogens with one attached hydrogen (secondary N) is 1. The van der Waals surface area contributed by atoms with E-state index in [4.69, 9.17) is 16.3 Å². The Kier molecular flexibility index (Phi) is 5.63. The highest BCUT2D eigenvalue weighted by Crippen LogP contribution is 2.27. The summed E-state index contributed by atoms with van der Waals surface area (Å²) in [7, 11) is 1.60. The lowest BCUT2D eigenvalue weighted by Crippen LogP contribution is -2.11. The molecule has 1 N–H and O–H groups in total. The van der Waals surface area contributed by atoms with Gasteiger partial charge in [-0.3, -0.25) is 4.79 Å². The number of alkyl halides is 1. The van der Waals surface area contributed by atoms with Gasteiger partial charge in [-0.2, -0.15) is 0 Å². The summed E-state index contributed by atoms with van der Waals surface area (Å²) in [5.74, 6) is 1.20. The van der Waals surface area contributed by atoms with Crippen LogP contribution in [0.4, 0.5) is 5.69 Å². The molecule has 88 valence electrons. The summed E-state index contributed by atoms with van der Waals surface area (Å²) in [6, 6.07) is 5.39. The third-order valence-electron chi connectivity index (χ3n) is 1.97. The summed E-state index contributed by atoms with van der Waals surface area (Å²) in [4.78, 5) is 11.4. The molecule has 1 amide bonds. The number of anilines is 1. The number of rotatable bonds is 5. The fourth-order valence-electron chi connectivity index (χ4n) is 1.19. The second-order valence-corrected chi connectivity index (χ2v) is 4.42. The van der Waals surface area contributed by atoms with Crippen molar-refractivity contribution in [2.24, 2.45) is 0 Å². The maximum absolute atomic E-state index is 11.4. The van der Waals surface area contributed by atoms with Gasteiger partial charge in [0.05, 0.1) is 11.6 Å². The van der Waals surface area contributed by atoms with E-state index in [2.05, 4.69) is 21.2 Å². The first-order valence-electron chi connectivity index (χ1n) is 4.86. The normalized spacial score (nSPS) is 9.94. The molecule has 0 aromatic heterocycles. The lowest BCUT2D eigenvalue weighted by atomic mass is 10.2. The highest BCUT2D eigenvalue weighted by atomic mass is 79.9. The highest BCUT2D eigenvalue weighted by Gasteiger charge is 2.04. The first kappa shape index (κ1) is 13.3. The van der Waals surface area contributed by atoms with Crippen LogP contribution in [-0.2, 0) is 4.79 Å². The molecular formula is C11H13BrClNO2. The Hall–Kier alpha value is -0.740. The Labute approximate surface area is 108 Å². The Bertz CT molecular complexity index is 371. The molecule has 0 saturated heterocycles. The molecule has 16 heavy (non-hydrogen) atoms. The van der Waals surface area contributed by atoms with Crippen molar-refractivity contribution in [3.05, 3.63) is 22.7 Å². The van der Waals surface area contributed by atoms with Gasteiger partial charge in [-0.25, -0.2) is 0 Å². The van der Waals surface area contributed by atoms with Crippen LogP contribution in [0.2, 0.25) is 0 Å². The topological polar surface area (TPSA) is 38.3 Å². The fourth-order valence-corrected chi connectivity index (χ4v) is 1.87. The van der Waals surface area contributed by atoms with E-state index in [9.17, 15) is 4.79 Å². The first-order valence-corrected chi connectivity index (χ1v) is 6.19. The Morgan fingerprint density at radius 3 is 2.88 bits per heavy atom. The Balaban J connectivity index is 2.61. The van der Waals surface area contributed by atoms with Crippen LogP contribution in [0.25, 0.3) is 0 Å². The molecule has 5 heteroatoms. The van der Waals surface area contributed by atoms with E-state index in [1.165, 1.54) is 0 Å². The second-order valence-electron chi connectivity index (χ2n) is 3.19. The lowest BCUT2D eigenvalue weighted by Gasteiger charge is -2.07. The van der Waals surface area contributed by atoms with Crippen LogP contribution in [0.1, 0.15) is 12.8 Å². The van der Waals surface area contributed by atoms with Crippen molar-refractivity contribution in [1.29, 1.82) is 0 Å². The summed E-state index contributed by atoms with van der Waals surface area (Å²) in [5, 5.41) is 2.79. The number of amides is 1. The van der Waals surface area contributed by atoms with Crippen molar-refractivity contribution < 1.29 is 9.53 Å². The van der Waals surface area contributed by atoms with Gasteiger partial charge in [0, 0.05) is 18.0 Å². The first-order chi connectivity index (χ1) is 7.67. The van der Waals surface area contributed by atoms with Gasteiger partial charge in [0.2, 0.25) is 5.91 Å². The van der Waals surface area contributed by atoms with Crippen molar-refractivity contribution in [2.75, 3.05) is 18.3 Å². The molecule has 0 aliphatic heterocycles. The zero-order chi connectivity index (χ0) is 12.0. The molecule has 1 aromatic rings. The summed E-state index contributed by atoms with van der Waals surface area (Å²) >= 11 is 8.86. The number of hydrogen-bond acceptors (Lipinski definition) is 2. The molecule has 0 unspecified atom stereocenters. The van der Waals surface area contributed by atoms with Crippen LogP contribution in [0.15, 0.2) is 22.7 Å². The minimum Gasteiger partial charge on any atom is -0.496 e. The minimum absolute atomic E-state index is 0.0299. The zero-order valence-corrected chi connectivity index (χ0v) is 11.3. The maximum Gasteiger partial charge on any atom is 0.224 e. The molecule has 0 aliphatic rings. The van der Waals surface area contributed by atoms with Crippen LogP contribution in [-0.4, -0.2) is 18.9 Å². The van der Waals surface area contributed by atoms with E-state index < -0.39 is 0 Å². The highest BCUT2D eigenvalue weighted by molar-refractivity contribution is 9.10. The van der Waals surface area contributed by atoms with E-state index in [0.29, 0.717) is 18.7 Å². The smallest absolute Gasteiger partial charge is 0.224 e. The van der Waals surface area contributed by atoms with E-state index >= 15 is 0 Å². The number of hydrogen-bond donors (Lipinski definition) is 1. The number of methoxy groups -OCH3 is 1. The van der Waals surface area contributed by atoms with E-state index in [1.54, 1.807) is 25.3 Å². The van der Waals surface area contributed by atoms with Crippen molar-refractivity contribution in [2.45, 2.75) is 12.8 Å². The van der Waals surface area contributed by atoms with E-state index in [1.807, 2.05) is 0 Å². The summed E-state index contributed by atoms with van der Waals surface area (Å²) in [6.45, 7) is 0. The molecule has 0 heterocycles. The fraction of sp³-hybridized carbons (Fsp3) is 0.364. The van der Waals surface area contributed by atoms with Gasteiger partial charge in [0.15, 0.2) is 0 Å². The largest absolute Gasteiger partial charge is 0.496 e. The third kappa shape index (κ3) is 4.02. The van der Waals surface area contributed by atoms with E-state index in [0.717, 1.165) is 15.9 Å². The molecule has 0 atom stereocenters. The van der Waals surface area contributed by atoms with Crippen LogP contribution in [0.3, 0.4) is 0 Å². The van der Waals surface area contributed by atoms with Gasteiger partial charge in [-0.1, -0.05) is 0 Å². The van der Waals surface area contributed by atoms with Gasteiger partial charge in [-0.05, 0) is 40.5 Å². The van der Waals surface area contributed by atoms with Gasteiger partial charge < -0.3 is 10.1 Å². The number of ether oxygens (including phenoxy) is 1. The third-order valence-corrected chi connectivity index (χ3v) is 2.86. The van der Waals surface area contributed by atoms with Crippen molar-refractivity contribution in [1.82, 2.24) is 0 Å². The van der Waals surface area contributed by atoms with Crippen molar-refractivity contribution in [3.8, 4) is 5.75 Å². The number of carbonyl (C=O) groups excluding carboxylic acids is 1. The Morgan fingerprint density at radius 1 is 1.56 bits per heavy atom. The molecule has 0 spiro atoms. The minimum atomic E-state index is -0.0299.